The number of benzene rings is 4. The van der Waals surface area contributed by atoms with Gasteiger partial charge in [0.25, 0.3) is 0 Å². The largest absolute Gasteiger partial charge is 0.497 e. The van der Waals surface area contributed by atoms with Crippen LogP contribution in [-0.4, -0.2) is 25.1 Å². The fraction of sp³-hybridized carbons (Fsp3) is 0.125. The van der Waals surface area contributed by atoms with E-state index in [9.17, 15) is 4.79 Å². The second kappa shape index (κ2) is 11.8. The molecule has 0 aliphatic heterocycles. The zero-order valence-electron chi connectivity index (χ0n) is 21.3. The number of aromatic nitrogens is 1. The van der Waals surface area contributed by atoms with Crippen LogP contribution in [0.4, 0.5) is 5.13 Å². The third kappa shape index (κ3) is 5.76. The average Bonchev–Trinajstić information content (AvgIpc) is 3.40. The normalized spacial score (nSPS) is 10.8. The minimum atomic E-state index is -0.0842. The fourth-order valence-electron chi connectivity index (χ4n) is 4.41. The maximum absolute atomic E-state index is 13.4. The number of anilines is 1. The van der Waals surface area contributed by atoms with Crippen LogP contribution in [-0.2, 0) is 4.79 Å². The smallest absolute Gasteiger partial charge is 0.227 e. The van der Waals surface area contributed by atoms with Gasteiger partial charge in [-0.2, -0.15) is 0 Å². The van der Waals surface area contributed by atoms with E-state index in [-0.39, 0.29) is 11.8 Å². The van der Waals surface area contributed by atoms with E-state index in [0.29, 0.717) is 11.6 Å². The number of thiazole rings is 1. The summed E-state index contributed by atoms with van der Waals surface area (Å²) in [5.41, 5.74) is 4.96. The highest BCUT2D eigenvalue weighted by atomic mass is 32.1. The summed E-state index contributed by atoms with van der Waals surface area (Å²) >= 11 is 1.46. The molecule has 6 heteroatoms. The van der Waals surface area contributed by atoms with E-state index >= 15 is 0 Å². The van der Waals surface area contributed by atoms with Crippen molar-refractivity contribution in [3.8, 4) is 33.2 Å². The average molecular weight is 521 g/mol. The monoisotopic (exact) mass is 520 g/mol. The molecule has 190 valence electrons. The summed E-state index contributed by atoms with van der Waals surface area (Å²) in [7, 11) is 3.29. The molecular formula is C32H28N2O3S. The molecule has 0 atom stereocenters. The zero-order valence-corrected chi connectivity index (χ0v) is 22.1. The first-order chi connectivity index (χ1) is 18.6. The number of nitrogens with one attached hydrogen (secondary N) is 1. The number of hydrogen-bond donors (Lipinski definition) is 1. The predicted octanol–water partition coefficient (Wildman–Crippen LogP) is 7.66. The Hall–Kier alpha value is -4.42. The van der Waals surface area contributed by atoms with E-state index in [4.69, 9.17) is 14.5 Å². The van der Waals surface area contributed by atoms with Gasteiger partial charge >= 0.3 is 0 Å². The Morgan fingerprint density at radius 2 is 1.24 bits per heavy atom. The molecule has 0 aliphatic carbocycles. The van der Waals surface area contributed by atoms with Crippen LogP contribution in [0.3, 0.4) is 0 Å². The van der Waals surface area contributed by atoms with Crippen LogP contribution in [0.25, 0.3) is 21.7 Å². The van der Waals surface area contributed by atoms with E-state index in [2.05, 4.69) is 29.6 Å². The molecule has 0 spiro atoms. The van der Waals surface area contributed by atoms with Crippen molar-refractivity contribution in [2.75, 3.05) is 19.5 Å². The fourth-order valence-corrected chi connectivity index (χ4v) is 5.42. The summed E-state index contributed by atoms with van der Waals surface area (Å²) in [5, 5.41) is 3.64. The van der Waals surface area contributed by atoms with Gasteiger partial charge in [-0.3, -0.25) is 4.79 Å². The van der Waals surface area contributed by atoms with Crippen LogP contribution >= 0.6 is 11.3 Å². The lowest BCUT2D eigenvalue weighted by atomic mass is 9.88. The Morgan fingerprint density at radius 3 is 1.74 bits per heavy atom. The Morgan fingerprint density at radius 1 is 0.737 bits per heavy atom. The zero-order chi connectivity index (χ0) is 26.3. The van der Waals surface area contributed by atoms with Crippen LogP contribution in [0.15, 0.2) is 109 Å². The quantitative estimate of drug-likeness (QED) is 0.217. The summed E-state index contributed by atoms with van der Waals surface area (Å²) in [6.07, 6.45) is 0.309. The van der Waals surface area contributed by atoms with Crippen molar-refractivity contribution in [2.24, 2.45) is 0 Å². The van der Waals surface area contributed by atoms with Gasteiger partial charge in [-0.25, -0.2) is 4.98 Å². The first kappa shape index (κ1) is 25.2. The number of rotatable bonds is 9. The van der Waals surface area contributed by atoms with Gasteiger partial charge in [-0.15, -0.1) is 0 Å². The van der Waals surface area contributed by atoms with Crippen molar-refractivity contribution in [1.29, 1.82) is 0 Å². The van der Waals surface area contributed by atoms with Crippen LogP contribution in [0.5, 0.6) is 11.5 Å². The number of amides is 1. The summed E-state index contributed by atoms with van der Waals surface area (Å²) in [5.74, 6) is 1.42. The molecular weight excluding hydrogens is 492 g/mol. The molecule has 0 radical (unpaired) electrons. The molecule has 0 unspecified atom stereocenters. The summed E-state index contributed by atoms with van der Waals surface area (Å²) in [6.45, 7) is 0. The maximum Gasteiger partial charge on any atom is 0.227 e. The minimum Gasteiger partial charge on any atom is -0.497 e. The van der Waals surface area contributed by atoms with Crippen molar-refractivity contribution < 1.29 is 14.3 Å². The SMILES string of the molecule is COc1ccc(-c2nc(NC(=O)CC(c3ccccc3)c3ccccc3)sc2-c2ccc(OC)cc2)cc1. The van der Waals surface area contributed by atoms with Gasteiger partial charge in [0.1, 0.15) is 11.5 Å². The first-order valence-electron chi connectivity index (χ1n) is 12.3. The highest BCUT2D eigenvalue weighted by molar-refractivity contribution is 7.19. The molecule has 0 fully saturated rings. The molecule has 5 nitrogen and oxygen atoms in total. The molecule has 38 heavy (non-hydrogen) atoms. The summed E-state index contributed by atoms with van der Waals surface area (Å²) in [4.78, 5) is 19.2. The van der Waals surface area contributed by atoms with Crippen LogP contribution < -0.4 is 14.8 Å². The van der Waals surface area contributed by atoms with Crippen LogP contribution in [0.1, 0.15) is 23.5 Å². The summed E-state index contributed by atoms with van der Waals surface area (Å²) in [6, 6.07) is 35.9. The number of hydrogen-bond acceptors (Lipinski definition) is 5. The van der Waals surface area contributed by atoms with Gasteiger partial charge in [0.05, 0.1) is 24.8 Å². The third-order valence-corrected chi connectivity index (χ3v) is 7.40. The van der Waals surface area contributed by atoms with E-state index in [1.165, 1.54) is 11.3 Å². The van der Waals surface area contributed by atoms with E-state index in [0.717, 1.165) is 44.3 Å². The number of carbonyl (C=O) groups excluding carboxylic acids is 1. The van der Waals surface area contributed by atoms with Gasteiger partial charge in [0.15, 0.2) is 5.13 Å². The minimum absolute atomic E-state index is 0.0560. The number of ether oxygens (including phenoxy) is 2. The predicted molar refractivity (Wildman–Crippen MR) is 154 cm³/mol. The molecule has 5 rings (SSSR count). The topological polar surface area (TPSA) is 60.5 Å². The Labute approximate surface area is 226 Å². The van der Waals surface area contributed by atoms with Gasteiger partial charge < -0.3 is 14.8 Å². The molecule has 5 aromatic rings. The molecule has 0 saturated heterocycles. The van der Waals surface area contributed by atoms with Crippen molar-refractivity contribution in [2.45, 2.75) is 12.3 Å². The molecule has 1 amide bonds. The van der Waals surface area contributed by atoms with E-state index < -0.39 is 0 Å². The summed E-state index contributed by atoms with van der Waals surface area (Å²) < 4.78 is 10.7. The van der Waals surface area contributed by atoms with Gasteiger partial charge in [-0.05, 0) is 65.2 Å². The van der Waals surface area contributed by atoms with Crippen LogP contribution in [0.2, 0.25) is 0 Å². The van der Waals surface area contributed by atoms with E-state index in [1.807, 2.05) is 84.9 Å². The molecule has 1 N–H and O–H groups in total. The number of methoxy groups -OCH3 is 2. The molecule has 0 saturated carbocycles. The van der Waals surface area contributed by atoms with Crippen molar-refractivity contribution in [3.05, 3.63) is 120 Å². The molecule has 1 heterocycles. The molecule has 4 aromatic carbocycles. The highest BCUT2D eigenvalue weighted by Crippen LogP contribution is 2.40. The lowest BCUT2D eigenvalue weighted by Gasteiger charge is -2.17. The molecule has 0 bridgehead atoms. The Balaban J connectivity index is 1.45. The van der Waals surface area contributed by atoms with Crippen molar-refractivity contribution in [1.82, 2.24) is 4.98 Å². The first-order valence-corrected chi connectivity index (χ1v) is 13.2. The van der Waals surface area contributed by atoms with E-state index in [1.54, 1.807) is 14.2 Å². The Kier molecular flexibility index (Phi) is 7.81. The van der Waals surface area contributed by atoms with Gasteiger partial charge in [0.2, 0.25) is 5.91 Å². The maximum atomic E-state index is 13.4. The number of carbonyl (C=O) groups is 1. The second-order valence-electron chi connectivity index (χ2n) is 8.78. The standard InChI is InChI=1S/C32H28N2O3S/c1-36-26-17-13-24(14-18-26)30-31(25-15-19-27(37-2)20-16-25)38-32(34-30)33-29(35)21-28(22-9-5-3-6-10-22)23-11-7-4-8-12-23/h3-20,28H,21H2,1-2H3,(H,33,34,35). The lowest BCUT2D eigenvalue weighted by molar-refractivity contribution is -0.116. The van der Waals surface area contributed by atoms with Crippen molar-refractivity contribution in [3.63, 3.8) is 0 Å². The van der Waals surface area contributed by atoms with Gasteiger partial charge in [0, 0.05) is 17.9 Å². The lowest BCUT2D eigenvalue weighted by Crippen LogP contribution is -2.16. The second-order valence-corrected chi connectivity index (χ2v) is 9.78. The highest BCUT2D eigenvalue weighted by Gasteiger charge is 2.21. The molecule has 1 aromatic heterocycles. The molecule has 0 aliphatic rings. The van der Waals surface area contributed by atoms with Crippen LogP contribution in [0, 0.1) is 0 Å². The van der Waals surface area contributed by atoms with Gasteiger partial charge in [-0.1, -0.05) is 72.0 Å². The third-order valence-electron chi connectivity index (χ3n) is 6.38. The number of nitrogens with zero attached hydrogens (tertiary/aromatic N) is 1. The van der Waals surface area contributed by atoms with Crippen molar-refractivity contribution >= 4 is 22.4 Å². The Bertz CT molecular complexity index is 1380.